The zero-order valence-electron chi connectivity index (χ0n) is 16.9. The van der Waals surface area contributed by atoms with E-state index in [1.807, 2.05) is 44.2 Å². The maximum atomic E-state index is 13.3. The van der Waals surface area contributed by atoms with Crippen molar-refractivity contribution in [3.8, 4) is 17.2 Å². The minimum Gasteiger partial charge on any atom is -0.493 e. The number of benzene rings is 2. The number of carbonyl (C=O) groups excluding carboxylic acids is 1. The summed E-state index contributed by atoms with van der Waals surface area (Å²) < 4.78 is 16.7. The number of nitrogens with one attached hydrogen (secondary N) is 2. The van der Waals surface area contributed by atoms with Crippen molar-refractivity contribution in [1.82, 2.24) is 10.6 Å². The molecule has 0 bridgehead atoms. The van der Waals surface area contributed by atoms with Crippen LogP contribution in [0.5, 0.6) is 17.2 Å². The van der Waals surface area contributed by atoms with E-state index >= 15 is 0 Å². The number of hydrogen-bond acceptors (Lipinski definition) is 5. The van der Waals surface area contributed by atoms with Crippen molar-refractivity contribution in [2.24, 2.45) is 0 Å². The average Bonchev–Trinajstić information content (AvgIpc) is 2.73. The minimum absolute atomic E-state index is 0.0811. The first-order valence-electron chi connectivity index (χ1n) is 9.26. The molecule has 3 rings (SSSR count). The number of Topliss-reactive ketones (excluding diaryl/α,β-unsaturated/α-hetero) is 1. The Kier molecular flexibility index (Phi) is 6.39. The summed E-state index contributed by atoms with van der Waals surface area (Å²) in [6.07, 6.45) is 0. The molecular formula is C22H24N2O4S. The summed E-state index contributed by atoms with van der Waals surface area (Å²) in [5.74, 6) is 1.49. The quantitative estimate of drug-likeness (QED) is 0.530. The lowest BCUT2D eigenvalue weighted by molar-refractivity contribution is 0.102. The Morgan fingerprint density at radius 1 is 1.10 bits per heavy atom. The molecule has 1 aliphatic rings. The Morgan fingerprint density at radius 2 is 1.72 bits per heavy atom. The van der Waals surface area contributed by atoms with Gasteiger partial charge in [0.15, 0.2) is 22.4 Å². The highest BCUT2D eigenvalue weighted by atomic mass is 32.1. The summed E-state index contributed by atoms with van der Waals surface area (Å²) in [7, 11) is 3.14. The first kappa shape index (κ1) is 20.7. The number of rotatable bonds is 7. The van der Waals surface area contributed by atoms with Gasteiger partial charge in [0, 0.05) is 16.8 Å². The van der Waals surface area contributed by atoms with Gasteiger partial charge in [0.2, 0.25) is 5.75 Å². The van der Waals surface area contributed by atoms with E-state index < -0.39 is 6.04 Å². The summed E-state index contributed by atoms with van der Waals surface area (Å²) in [6.45, 7) is 4.21. The van der Waals surface area contributed by atoms with Crippen LogP contribution in [0, 0.1) is 0 Å². The molecule has 6 nitrogen and oxygen atoms in total. The second kappa shape index (κ2) is 8.96. The van der Waals surface area contributed by atoms with Gasteiger partial charge in [0.05, 0.1) is 26.9 Å². The predicted molar refractivity (Wildman–Crippen MR) is 116 cm³/mol. The molecule has 1 unspecified atom stereocenters. The van der Waals surface area contributed by atoms with Crippen molar-refractivity contribution in [3.05, 3.63) is 64.9 Å². The van der Waals surface area contributed by atoms with Gasteiger partial charge in [-0.15, -0.1) is 0 Å². The Labute approximate surface area is 175 Å². The van der Waals surface area contributed by atoms with Crippen LogP contribution in [0.2, 0.25) is 0 Å². The van der Waals surface area contributed by atoms with E-state index in [1.165, 1.54) is 0 Å². The van der Waals surface area contributed by atoms with Crippen LogP contribution >= 0.6 is 12.2 Å². The number of methoxy groups -OCH3 is 2. The van der Waals surface area contributed by atoms with Crippen LogP contribution in [0.15, 0.2) is 53.7 Å². The third-order valence-electron chi connectivity index (χ3n) is 4.65. The molecule has 0 spiro atoms. The summed E-state index contributed by atoms with van der Waals surface area (Å²) in [4.78, 5) is 13.3. The Hall–Kier alpha value is -3.06. The van der Waals surface area contributed by atoms with E-state index in [4.69, 9.17) is 26.4 Å². The number of thiocarbonyl (C=S) groups is 1. The van der Waals surface area contributed by atoms with E-state index in [2.05, 4.69) is 10.6 Å². The van der Waals surface area contributed by atoms with E-state index in [-0.39, 0.29) is 5.78 Å². The highest BCUT2D eigenvalue weighted by molar-refractivity contribution is 7.80. The lowest BCUT2D eigenvalue weighted by Crippen LogP contribution is -2.44. The molecule has 2 aromatic rings. The number of ketones is 1. The van der Waals surface area contributed by atoms with Crippen molar-refractivity contribution in [3.63, 3.8) is 0 Å². The molecule has 29 heavy (non-hydrogen) atoms. The van der Waals surface area contributed by atoms with Gasteiger partial charge >= 0.3 is 0 Å². The first-order chi connectivity index (χ1) is 14.0. The molecule has 1 atom stereocenters. The van der Waals surface area contributed by atoms with E-state index in [1.54, 1.807) is 26.4 Å². The summed E-state index contributed by atoms with van der Waals surface area (Å²) >= 11 is 5.35. The lowest BCUT2D eigenvalue weighted by Gasteiger charge is -2.31. The summed E-state index contributed by atoms with van der Waals surface area (Å²) in [5, 5.41) is 6.72. The van der Waals surface area contributed by atoms with Crippen LogP contribution in [0.3, 0.4) is 0 Å². The fourth-order valence-electron chi connectivity index (χ4n) is 3.34. The molecule has 0 amide bonds. The minimum atomic E-state index is -0.463. The molecule has 0 saturated heterocycles. The van der Waals surface area contributed by atoms with Crippen molar-refractivity contribution in [1.29, 1.82) is 0 Å². The summed E-state index contributed by atoms with van der Waals surface area (Å²) in [6, 6.07) is 12.4. The normalized spacial score (nSPS) is 16.0. The van der Waals surface area contributed by atoms with E-state index in [9.17, 15) is 4.79 Å². The van der Waals surface area contributed by atoms with Gasteiger partial charge in [0.25, 0.3) is 0 Å². The highest BCUT2D eigenvalue weighted by Gasteiger charge is 2.32. The molecule has 152 valence electrons. The average molecular weight is 413 g/mol. The molecule has 0 radical (unpaired) electrons. The molecule has 1 heterocycles. The van der Waals surface area contributed by atoms with Crippen LogP contribution in [0.4, 0.5) is 0 Å². The Morgan fingerprint density at radius 3 is 2.28 bits per heavy atom. The van der Waals surface area contributed by atoms with Crippen LogP contribution in [-0.4, -0.2) is 31.7 Å². The second-order valence-corrected chi connectivity index (χ2v) is 6.86. The van der Waals surface area contributed by atoms with Gasteiger partial charge < -0.3 is 24.8 Å². The number of carbonyl (C=O) groups is 1. The van der Waals surface area contributed by atoms with Gasteiger partial charge in [-0.25, -0.2) is 0 Å². The topological polar surface area (TPSA) is 68.8 Å². The predicted octanol–water partition coefficient (Wildman–Crippen LogP) is 3.78. The molecular weight excluding hydrogens is 388 g/mol. The first-order valence-corrected chi connectivity index (χ1v) is 9.67. The second-order valence-electron chi connectivity index (χ2n) is 6.45. The molecule has 0 aromatic heterocycles. The smallest absolute Gasteiger partial charge is 0.203 e. The van der Waals surface area contributed by atoms with Crippen LogP contribution < -0.4 is 24.8 Å². The van der Waals surface area contributed by atoms with Gasteiger partial charge in [-0.2, -0.15) is 0 Å². The van der Waals surface area contributed by atoms with Crippen LogP contribution in [0.1, 0.15) is 35.8 Å². The molecule has 0 fully saturated rings. The van der Waals surface area contributed by atoms with Crippen molar-refractivity contribution in [2.45, 2.75) is 19.9 Å². The van der Waals surface area contributed by atoms with Gasteiger partial charge in [-0.1, -0.05) is 30.3 Å². The molecule has 0 aliphatic carbocycles. The monoisotopic (exact) mass is 412 g/mol. The Balaban J connectivity index is 2.13. The molecule has 1 aliphatic heterocycles. The Bertz CT molecular complexity index is 932. The van der Waals surface area contributed by atoms with Crippen molar-refractivity contribution in [2.75, 3.05) is 20.8 Å². The molecule has 2 N–H and O–H groups in total. The SMILES string of the molecule is CCOc1c(OC)cc(C2NC(=S)NC(C)=C2C(=O)c2ccccc2)cc1OC. The third-order valence-corrected chi connectivity index (χ3v) is 4.87. The maximum Gasteiger partial charge on any atom is 0.203 e. The number of allylic oxidation sites excluding steroid dienone is 1. The van der Waals surface area contributed by atoms with Gasteiger partial charge in [0.1, 0.15) is 0 Å². The molecule has 7 heteroatoms. The number of hydrogen-bond donors (Lipinski definition) is 2. The summed E-state index contributed by atoms with van der Waals surface area (Å²) in [5.41, 5.74) is 2.68. The van der Waals surface area contributed by atoms with Crippen molar-refractivity contribution < 1.29 is 19.0 Å². The maximum absolute atomic E-state index is 13.3. The van der Waals surface area contributed by atoms with Crippen LogP contribution in [0.25, 0.3) is 0 Å². The van der Waals surface area contributed by atoms with Gasteiger partial charge in [-0.05, 0) is 43.8 Å². The van der Waals surface area contributed by atoms with Crippen LogP contribution in [-0.2, 0) is 0 Å². The van der Waals surface area contributed by atoms with E-state index in [0.29, 0.717) is 45.8 Å². The molecule has 0 saturated carbocycles. The standard InChI is InChI=1S/C22H24N2O4S/c1-5-28-21-16(26-3)11-15(12-17(21)27-4)19-18(13(2)23-22(29)24-19)20(25)14-9-7-6-8-10-14/h6-12,19H,5H2,1-4H3,(H2,23,24,29). The van der Waals surface area contributed by atoms with Gasteiger partial charge in [-0.3, -0.25) is 4.79 Å². The van der Waals surface area contributed by atoms with Crippen molar-refractivity contribution >= 4 is 23.1 Å². The number of ether oxygens (including phenoxy) is 3. The zero-order valence-corrected chi connectivity index (χ0v) is 17.7. The fraction of sp³-hybridized carbons (Fsp3) is 0.273. The zero-order chi connectivity index (χ0) is 21.0. The fourth-order valence-corrected chi connectivity index (χ4v) is 3.61. The largest absolute Gasteiger partial charge is 0.493 e. The third kappa shape index (κ3) is 4.19. The van der Waals surface area contributed by atoms with E-state index in [0.717, 1.165) is 5.56 Å². The highest BCUT2D eigenvalue weighted by Crippen LogP contribution is 2.42. The molecule has 2 aromatic carbocycles. The lowest BCUT2D eigenvalue weighted by atomic mass is 9.89.